The molecule has 0 unspecified atom stereocenters. The molecule has 0 aromatic rings. The molecule has 0 saturated carbocycles. The van der Waals surface area contributed by atoms with Gasteiger partial charge in [0, 0.05) is 12.8 Å². The molecule has 0 aromatic heterocycles. The molecule has 0 heterocycles. The molecule has 8 heteroatoms. The predicted molar refractivity (Wildman–Crippen MR) is 122 cm³/mol. The van der Waals surface area contributed by atoms with Crippen LogP contribution in [0.15, 0.2) is 24.3 Å². The van der Waals surface area contributed by atoms with Gasteiger partial charge in [-0.05, 0) is 44.9 Å². The topological polar surface area (TPSA) is 134 Å². The number of carbonyl (C=O) groups is 2. The van der Waals surface area contributed by atoms with E-state index in [-0.39, 0.29) is 38.4 Å². The van der Waals surface area contributed by atoms with Gasteiger partial charge in [-0.25, -0.2) is 0 Å². The van der Waals surface area contributed by atoms with Gasteiger partial charge in [0.1, 0.15) is 12.2 Å². The van der Waals surface area contributed by atoms with Crippen LogP contribution in [0, 0.1) is 0 Å². The summed E-state index contributed by atoms with van der Waals surface area (Å²) in [5.74, 6) is -0.757. The molecule has 0 rings (SSSR count). The Bertz CT molecular complexity index is 510. The van der Waals surface area contributed by atoms with E-state index >= 15 is 0 Å². The van der Waals surface area contributed by atoms with E-state index in [0.29, 0.717) is 12.8 Å². The lowest BCUT2D eigenvalue weighted by atomic mass is 10.1. The second kappa shape index (κ2) is 22.5. The Morgan fingerprint density at radius 3 is 1.41 bits per heavy atom. The summed E-state index contributed by atoms with van der Waals surface area (Å²) in [5.41, 5.74) is 0. The Balaban J connectivity index is 3.47. The molecular weight excluding hydrogens is 416 g/mol. The maximum atomic E-state index is 11.5. The Labute approximate surface area is 191 Å². The molecule has 0 aromatic carbocycles. The second-order valence-electron chi connectivity index (χ2n) is 7.68. The van der Waals surface area contributed by atoms with Crippen LogP contribution in [0.2, 0.25) is 0 Å². The Morgan fingerprint density at radius 1 is 0.562 bits per heavy atom. The number of esters is 2. The van der Waals surface area contributed by atoms with Crippen LogP contribution in [0.4, 0.5) is 0 Å². The number of aliphatic hydroxyl groups excluding tert-OH is 4. The number of hydrogen-bond acceptors (Lipinski definition) is 8. The number of unbranched alkanes of at least 4 members (excludes halogenated alkanes) is 7. The number of aliphatic hydroxyl groups is 4. The quantitative estimate of drug-likeness (QED) is 0.117. The van der Waals surface area contributed by atoms with Gasteiger partial charge in [-0.15, -0.1) is 0 Å². The van der Waals surface area contributed by atoms with Crippen molar-refractivity contribution in [1.82, 2.24) is 0 Å². The molecule has 0 aliphatic rings. The fourth-order valence-electron chi connectivity index (χ4n) is 2.85. The monoisotopic (exact) mass is 458 g/mol. The molecule has 8 nitrogen and oxygen atoms in total. The van der Waals surface area contributed by atoms with Gasteiger partial charge >= 0.3 is 11.9 Å². The lowest BCUT2D eigenvalue weighted by Crippen LogP contribution is -2.25. The fourth-order valence-corrected chi connectivity index (χ4v) is 2.85. The Kier molecular flexibility index (Phi) is 21.2. The van der Waals surface area contributed by atoms with Crippen molar-refractivity contribution in [3.8, 4) is 0 Å². The lowest BCUT2D eigenvalue weighted by Gasteiger charge is -2.12. The van der Waals surface area contributed by atoms with Crippen molar-refractivity contribution in [3.05, 3.63) is 24.3 Å². The first-order valence-corrected chi connectivity index (χ1v) is 11.7. The molecule has 4 N–H and O–H groups in total. The average Bonchev–Trinajstić information content (AvgIpc) is 2.80. The van der Waals surface area contributed by atoms with Gasteiger partial charge < -0.3 is 29.9 Å². The molecule has 186 valence electrons. The summed E-state index contributed by atoms with van der Waals surface area (Å²) in [6.45, 7) is -1.45. The standard InChI is InChI=1S/C24H42O8/c25-17-21(18-26)31-23(29)15-13-11-9-7-5-3-1-2-4-6-8-10-12-14-16-24(30)32-22(19-27)20-28/h1-2,5,7,21-22,25-28H,3-4,6,8-20H2/b2-1-,7-5-. The summed E-state index contributed by atoms with van der Waals surface area (Å²) < 4.78 is 9.81. The average molecular weight is 459 g/mol. The van der Waals surface area contributed by atoms with Gasteiger partial charge in [0.25, 0.3) is 0 Å². The van der Waals surface area contributed by atoms with E-state index in [1.165, 1.54) is 0 Å². The molecule has 0 fully saturated rings. The lowest BCUT2D eigenvalue weighted by molar-refractivity contribution is -0.154. The fraction of sp³-hybridized carbons (Fsp3) is 0.750. The number of ether oxygens (including phenoxy) is 2. The van der Waals surface area contributed by atoms with Crippen molar-refractivity contribution in [2.75, 3.05) is 26.4 Å². The van der Waals surface area contributed by atoms with E-state index in [4.69, 9.17) is 29.9 Å². The number of allylic oxidation sites excluding steroid dienone is 4. The smallest absolute Gasteiger partial charge is 0.306 e. The van der Waals surface area contributed by atoms with Gasteiger partial charge in [-0.3, -0.25) is 9.59 Å². The van der Waals surface area contributed by atoms with Crippen molar-refractivity contribution in [2.24, 2.45) is 0 Å². The maximum Gasteiger partial charge on any atom is 0.306 e. The zero-order valence-corrected chi connectivity index (χ0v) is 19.2. The van der Waals surface area contributed by atoms with Gasteiger partial charge in [0.15, 0.2) is 0 Å². The van der Waals surface area contributed by atoms with Crippen LogP contribution in [0.5, 0.6) is 0 Å². The van der Waals surface area contributed by atoms with E-state index in [0.717, 1.165) is 64.2 Å². The predicted octanol–water partition coefficient (Wildman–Crippen LogP) is 2.57. The molecule has 0 spiro atoms. The van der Waals surface area contributed by atoms with Gasteiger partial charge in [-0.1, -0.05) is 43.6 Å². The minimum absolute atomic E-state index is 0.294. The third kappa shape index (κ3) is 19.0. The molecule has 0 saturated heterocycles. The van der Waals surface area contributed by atoms with E-state index in [1.807, 2.05) is 0 Å². The zero-order valence-electron chi connectivity index (χ0n) is 19.2. The van der Waals surface area contributed by atoms with Gasteiger partial charge in [-0.2, -0.15) is 0 Å². The summed E-state index contributed by atoms with van der Waals surface area (Å²) in [6.07, 6.45) is 17.0. The van der Waals surface area contributed by atoms with Crippen LogP contribution in [-0.4, -0.2) is 71.0 Å². The highest BCUT2D eigenvalue weighted by atomic mass is 16.6. The molecule has 0 radical (unpaired) electrons. The first kappa shape index (κ1) is 30.3. The summed E-state index contributed by atoms with van der Waals surface area (Å²) in [6, 6.07) is 0. The molecule has 0 aliphatic heterocycles. The molecule has 0 aliphatic carbocycles. The van der Waals surface area contributed by atoms with Crippen molar-refractivity contribution in [3.63, 3.8) is 0 Å². The van der Waals surface area contributed by atoms with Crippen LogP contribution < -0.4 is 0 Å². The van der Waals surface area contributed by atoms with Crippen LogP contribution in [0.3, 0.4) is 0 Å². The summed E-state index contributed by atoms with van der Waals surface area (Å²) in [7, 11) is 0. The second-order valence-corrected chi connectivity index (χ2v) is 7.68. The van der Waals surface area contributed by atoms with Crippen molar-refractivity contribution >= 4 is 11.9 Å². The third-order valence-electron chi connectivity index (χ3n) is 4.77. The van der Waals surface area contributed by atoms with Gasteiger partial charge in [0.2, 0.25) is 0 Å². The molecular formula is C24H42O8. The maximum absolute atomic E-state index is 11.5. The number of rotatable bonds is 21. The summed E-state index contributed by atoms with van der Waals surface area (Å²) >= 11 is 0. The Hall–Kier alpha value is -1.74. The Morgan fingerprint density at radius 2 is 0.938 bits per heavy atom. The minimum atomic E-state index is -0.816. The van der Waals surface area contributed by atoms with Gasteiger partial charge in [0.05, 0.1) is 26.4 Å². The van der Waals surface area contributed by atoms with Crippen molar-refractivity contribution in [1.29, 1.82) is 0 Å². The minimum Gasteiger partial charge on any atom is -0.457 e. The van der Waals surface area contributed by atoms with Crippen molar-refractivity contribution < 1.29 is 39.5 Å². The summed E-state index contributed by atoms with van der Waals surface area (Å²) in [4.78, 5) is 23.0. The largest absolute Gasteiger partial charge is 0.457 e. The highest BCUT2D eigenvalue weighted by Gasteiger charge is 2.12. The third-order valence-corrected chi connectivity index (χ3v) is 4.77. The highest BCUT2D eigenvalue weighted by molar-refractivity contribution is 5.69. The van der Waals surface area contributed by atoms with E-state index in [9.17, 15) is 9.59 Å². The first-order chi connectivity index (χ1) is 15.6. The van der Waals surface area contributed by atoms with Crippen LogP contribution in [0.1, 0.15) is 77.0 Å². The first-order valence-electron chi connectivity index (χ1n) is 11.7. The molecule has 0 atom stereocenters. The normalized spacial score (nSPS) is 11.8. The van der Waals surface area contributed by atoms with Crippen molar-refractivity contribution in [2.45, 2.75) is 89.3 Å². The zero-order chi connectivity index (χ0) is 23.9. The summed E-state index contributed by atoms with van der Waals surface area (Å²) in [5, 5.41) is 35.4. The highest BCUT2D eigenvalue weighted by Crippen LogP contribution is 2.09. The molecule has 0 amide bonds. The number of carbonyl (C=O) groups excluding carboxylic acids is 2. The van der Waals surface area contributed by atoms with Crippen LogP contribution >= 0.6 is 0 Å². The van der Waals surface area contributed by atoms with E-state index in [1.54, 1.807) is 0 Å². The van der Waals surface area contributed by atoms with E-state index in [2.05, 4.69) is 24.3 Å². The van der Waals surface area contributed by atoms with Crippen LogP contribution in [0.25, 0.3) is 0 Å². The molecule has 32 heavy (non-hydrogen) atoms. The van der Waals surface area contributed by atoms with Crippen LogP contribution in [-0.2, 0) is 19.1 Å². The molecule has 0 bridgehead atoms. The van der Waals surface area contributed by atoms with E-state index < -0.39 is 12.2 Å². The number of hydrogen-bond donors (Lipinski definition) is 4. The SMILES string of the molecule is O=C(CCCC/C=C\C/C=C\CCCCCCCC(=O)OC(CO)CO)OC(CO)CO.